The Bertz CT molecular complexity index is 9850. The van der Waals surface area contributed by atoms with Crippen LogP contribution < -0.4 is 27.4 Å². The highest BCUT2D eigenvalue weighted by molar-refractivity contribution is 6.01. The molecular weight excluding hydrogens is 1830 g/mol. The number of para-hydroxylation sites is 2. The third kappa shape index (κ3) is 17.2. The van der Waals surface area contributed by atoms with Crippen LogP contribution in [0.4, 0.5) is 0 Å². The van der Waals surface area contributed by atoms with Crippen LogP contribution in [-0.4, -0.2) is 57.3 Å². The molecule has 149 heavy (non-hydrogen) atoms. The summed E-state index contributed by atoms with van der Waals surface area (Å²) >= 11 is 0. The molecule has 18 heterocycles. The van der Waals surface area contributed by atoms with Gasteiger partial charge in [0.2, 0.25) is 34.2 Å². The summed E-state index contributed by atoms with van der Waals surface area (Å²) in [5, 5.41) is 0. The Kier molecular flexibility index (Phi) is 21.1. The molecule has 6 aliphatic heterocycles. The van der Waals surface area contributed by atoms with Crippen molar-refractivity contribution in [3.8, 4) is 90.0 Å². The van der Waals surface area contributed by atoms with E-state index in [0.29, 0.717) is 34.2 Å². The van der Waals surface area contributed by atoms with Gasteiger partial charge in [-0.15, -0.1) is 0 Å². The first-order chi connectivity index (χ1) is 77.7. The molecule has 1 aliphatic carbocycles. The number of rotatable bonds is 9. The van der Waals surface area contributed by atoms with Gasteiger partial charge in [0.1, 0.15) is 77.2 Å². The number of benzene rings is 9. The van der Waals surface area contributed by atoms with Gasteiger partial charge in [0.15, 0.2) is 37.2 Å². The van der Waals surface area contributed by atoms with Crippen molar-refractivity contribution in [2.75, 3.05) is 0 Å². The van der Waals surface area contributed by atoms with Crippen molar-refractivity contribution in [3.05, 3.63) is 391 Å². The molecule has 9 aromatic carbocycles. The molecule has 0 unspecified atom stereocenters. The van der Waals surface area contributed by atoms with Crippen LogP contribution in [0, 0.1) is 103 Å². The maximum atomic E-state index is 8.93. The predicted octanol–water partition coefficient (Wildman–Crippen LogP) is 25.2. The Morgan fingerprint density at radius 1 is 0.295 bits per heavy atom. The molecular formula is C131H132N18+6. The second-order valence-electron chi connectivity index (χ2n) is 41.1. The lowest BCUT2D eigenvalue weighted by molar-refractivity contribution is -0.660. The normalized spacial score (nSPS) is 15.3. The molecule has 1 fully saturated rings. The third-order valence-electron chi connectivity index (χ3n) is 31.0. The van der Waals surface area contributed by atoms with Crippen LogP contribution in [-0.2, 0) is 87.2 Å². The van der Waals surface area contributed by atoms with Gasteiger partial charge in [-0.2, -0.15) is 0 Å². The number of pyridine rings is 6. The van der Waals surface area contributed by atoms with E-state index in [1.165, 1.54) is 90.3 Å². The van der Waals surface area contributed by atoms with E-state index in [0.717, 1.165) is 226 Å². The van der Waals surface area contributed by atoms with E-state index in [4.69, 9.17) is 44.1 Å². The molecule has 28 rings (SSSR count). The zero-order valence-corrected chi connectivity index (χ0v) is 87.5. The van der Waals surface area contributed by atoms with Gasteiger partial charge >= 0.3 is 0 Å². The minimum atomic E-state index is -2.27. The molecule has 7 aliphatic rings. The highest BCUT2D eigenvalue weighted by atomic mass is 15.1. The Labute approximate surface area is 893 Å². The molecule has 740 valence electrons. The van der Waals surface area contributed by atoms with Gasteiger partial charge < -0.3 is 18.3 Å². The highest BCUT2D eigenvalue weighted by Gasteiger charge is 2.35. The van der Waals surface area contributed by atoms with Gasteiger partial charge in [-0.25, -0.2) is 57.3 Å². The average molecular weight is 1970 g/mol. The molecule has 0 bridgehead atoms. The van der Waals surface area contributed by atoms with E-state index >= 15 is 0 Å². The number of allylic oxidation sites excluding steroid dienone is 4. The van der Waals surface area contributed by atoms with Crippen molar-refractivity contribution in [3.63, 3.8) is 0 Å². The summed E-state index contributed by atoms with van der Waals surface area (Å²) in [6.07, 6.45) is 37.2. The molecule has 0 radical (unpaired) electrons. The fourth-order valence-electron chi connectivity index (χ4n) is 23.2. The molecule has 0 N–H and O–H groups in total. The second-order valence-corrected chi connectivity index (χ2v) is 41.1. The first-order valence-electron chi connectivity index (χ1n) is 58.7. The number of hydrogen-bond donors (Lipinski definition) is 0. The Morgan fingerprint density at radius 3 is 1.13 bits per heavy atom. The SMILES string of the molecule is Cc1cc(-c2c(C)ccc3nc4n(c23)-c2ccccc2C4)[n+](C)cc1C.Cc1ccc2nc3n(c2c1-c1cccc[n+]1C)-c1ccccc1C3.[2H]C([2H])([2H])c1c[n+](C)c(-c2c(C)cc(C([2H])([2H])[2H])c3nc4n(c23)C=CC4)cc1C.[2H]C([2H])([2H])c1c[n+](C)c(-c2c(C)ccc3nc4n(c23)C=CC4)cc1-c1ccccc1.[2H]C([2H])([2H])c1c[n+](C)c(-c2c(C)ccc3nc4n(c23)C=CC4)cc1C.[2H]C([2H])(c1cc[n+](C)c(-c2c(C)ccc3nc4n(c23)C=CC4)c1)C1CCCCC1. The minimum absolute atomic E-state index is 0.107. The van der Waals surface area contributed by atoms with Crippen LogP contribution in [0.3, 0.4) is 0 Å². The van der Waals surface area contributed by atoms with E-state index < -0.39 is 33.8 Å². The lowest BCUT2D eigenvalue weighted by atomic mass is 9.85. The van der Waals surface area contributed by atoms with Crippen LogP contribution in [0.1, 0.15) is 181 Å². The molecule has 0 amide bonds. The number of fused-ring (bicyclic) bond motifs is 22. The third-order valence-corrected chi connectivity index (χ3v) is 31.0. The van der Waals surface area contributed by atoms with Crippen molar-refractivity contribution in [1.29, 1.82) is 0 Å². The van der Waals surface area contributed by atoms with Crippen LogP contribution in [0.2, 0.25) is 0 Å². The van der Waals surface area contributed by atoms with Gasteiger partial charge in [-0.3, -0.25) is 9.13 Å². The van der Waals surface area contributed by atoms with E-state index in [2.05, 4.69) is 293 Å². The second kappa shape index (κ2) is 38.8. The molecule has 0 saturated heterocycles. The number of imidazole rings is 6. The lowest BCUT2D eigenvalue weighted by Gasteiger charge is -2.21. The van der Waals surface area contributed by atoms with Crippen LogP contribution in [0.25, 0.3) is 181 Å². The first kappa shape index (κ1) is 80.8. The zero-order chi connectivity index (χ0) is 115. The average Bonchev–Trinajstić information content (AvgIpc) is 1.59. The largest absolute Gasteiger partial charge is 0.302 e. The zero-order valence-electron chi connectivity index (χ0n) is 102. The number of aryl methyl sites for hydroxylation is 20. The Hall–Kier alpha value is -16.3. The lowest BCUT2D eigenvalue weighted by Crippen LogP contribution is -2.31. The molecule has 21 aromatic rings. The first-order valence-corrected chi connectivity index (χ1v) is 51.7. The highest BCUT2D eigenvalue weighted by Crippen LogP contribution is 2.45. The van der Waals surface area contributed by atoms with Crippen LogP contribution in [0.15, 0.2) is 262 Å². The summed E-state index contributed by atoms with van der Waals surface area (Å²) in [5.41, 5.74) is 44.9. The quantitative estimate of drug-likeness (QED) is 0.132. The molecule has 18 heteroatoms. The topological polar surface area (TPSA) is 130 Å². The molecule has 0 spiro atoms. The number of nitrogens with zero attached hydrogens (tertiary/aromatic N) is 18. The van der Waals surface area contributed by atoms with Gasteiger partial charge in [-0.1, -0.05) is 160 Å². The van der Waals surface area contributed by atoms with Crippen LogP contribution >= 0.6 is 0 Å². The summed E-state index contributed by atoms with van der Waals surface area (Å²) in [5.74, 6) is 6.33. The van der Waals surface area contributed by atoms with E-state index in [1.54, 1.807) is 36.1 Å². The monoisotopic (exact) mass is 1970 g/mol. The number of aromatic nitrogens is 18. The maximum Gasteiger partial charge on any atom is 0.215 e. The van der Waals surface area contributed by atoms with Crippen molar-refractivity contribution in [2.24, 2.45) is 48.2 Å². The molecule has 18 nitrogen and oxygen atoms in total. The fraction of sp³-hybridized carbons (Fsp3) is 0.252. The van der Waals surface area contributed by atoms with Gasteiger partial charge in [-0.05, 0) is 241 Å². The van der Waals surface area contributed by atoms with Crippen molar-refractivity contribution in [1.82, 2.24) is 57.3 Å². The van der Waals surface area contributed by atoms with E-state index in [1.807, 2.05) is 129 Å². The van der Waals surface area contributed by atoms with Gasteiger partial charge in [0.05, 0.1) is 111 Å². The summed E-state index contributed by atoms with van der Waals surface area (Å²) in [6.45, 7) is 11.8. The van der Waals surface area contributed by atoms with Gasteiger partial charge in [0.25, 0.3) is 0 Å². The molecule has 1 saturated carbocycles. The standard InChI is InChI=1S/C24H22N3.C24H28N3.C23H22N3.C21H18N3.C20H22N3.C19H20N3/c1-16-11-12-20-24(27-13-7-10-22(27)25-20)23(16)21-14-19(17(2)15-26(21)3)18-8-5-4-6-9-18;1-17-10-11-20-24(27-13-6-9-22(27)25-20)23(17)21-16-19(12-14-26(21)2)15-18-7-4-3-5-8-18;1-14-9-10-18-23(22(14)20-11-15(2)16(3)13-25(20)4)26-19-8-6-5-7-17(19)12-21(26)24-18;1-14-10-11-16-21(20(14)18-9-5-6-12-23(18)2)24-17-8-4-3-7-15(17)13-19(24)22-16;1-12-10-16(22(5)11-15(12)4)18-13(2)9-14(3)19-20(18)23-8-6-7-17(23)21-19;1-12-7-8-15-19(22-9-5-6-17(22)20-15)18(12)16-10-13(2)14(3)11-21(16)4/h4-9,11-15H,10H2,1-3H3;6,10-14,16,18H,3-5,7-9,15H2,1-2H3;5-11,13H,12H2,1-4H3;3-12H,13H2,1-2H3;6,8-11H,7H2,1-5H3;5,7-11H,6H2,1-4H3/q6*+1/i2D3;15D2;;;3D3,4D3;3D3. The predicted molar refractivity (Wildman–Crippen MR) is 605 cm³/mol. The van der Waals surface area contributed by atoms with Crippen LogP contribution in [0.5, 0.6) is 0 Å². The summed E-state index contributed by atoms with van der Waals surface area (Å²) in [4.78, 5) is 28.8. The Balaban J connectivity index is 0.000000105. The van der Waals surface area contributed by atoms with Crippen molar-refractivity contribution < 1.29 is 46.6 Å². The summed E-state index contributed by atoms with van der Waals surface area (Å²) < 4.78 is 138. The number of hydrogen-bond acceptors (Lipinski definition) is 6. The molecule has 0 atom stereocenters. The Morgan fingerprint density at radius 2 is 0.664 bits per heavy atom. The summed E-state index contributed by atoms with van der Waals surface area (Å²) in [7, 11) is 11.9. The van der Waals surface area contributed by atoms with E-state index in [9.17, 15) is 0 Å². The van der Waals surface area contributed by atoms with Gasteiger partial charge in [0, 0.05) is 153 Å². The van der Waals surface area contributed by atoms with Crippen molar-refractivity contribution >= 4 is 91.0 Å². The smallest absolute Gasteiger partial charge is 0.215 e. The van der Waals surface area contributed by atoms with Crippen molar-refractivity contribution in [2.45, 2.75) is 174 Å². The molecule has 12 aromatic heterocycles. The summed E-state index contributed by atoms with van der Waals surface area (Å²) in [6, 6.07) is 68.4. The minimum Gasteiger partial charge on any atom is -0.302 e. The van der Waals surface area contributed by atoms with E-state index in [-0.39, 0.29) is 11.5 Å². The maximum absolute atomic E-state index is 8.93. The fourth-order valence-corrected chi connectivity index (χ4v) is 23.2.